The number of nitrogens with two attached hydrogens (primary N) is 1. The Morgan fingerprint density at radius 2 is 1.95 bits per heavy atom. The third kappa shape index (κ3) is 3.01. The monoisotopic (exact) mass is 302 g/mol. The van der Waals surface area contributed by atoms with Crippen molar-refractivity contribution in [1.29, 1.82) is 0 Å². The maximum absolute atomic E-state index is 13.4. The van der Waals surface area contributed by atoms with Crippen LogP contribution in [0, 0.1) is 5.82 Å². The third-order valence-electron chi connectivity index (χ3n) is 3.31. The number of benzene rings is 1. The Kier molecular flexibility index (Phi) is 4.94. The SMILES string of the molecule is CCC(CC)(NC(=O)c1cc(F)c(N)c(Cl)c1)C(=O)O. The number of amides is 1. The van der Waals surface area contributed by atoms with E-state index >= 15 is 0 Å². The van der Waals surface area contributed by atoms with Gasteiger partial charge in [0.25, 0.3) is 5.91 Å². The summed E-state index contributed by atoms with van der Waals surface area (Å²) in [5, 5.41) is 11.6. The van der Waals surface area contributed by atoms with Crippen LogP contribution in [-0.2, 0) is 4.79 Å². The van der Waals surface area contributed by atoms with Gasteiger partial charge in [-0.3, -0.25) is 4.79 Å². The van der Waals surface area contributed by atoms with Gasteiger partial charge >= 0.3 is 5.97 Å². The number of nitrogens with one attached hydrogen (secondary N) is 1. The van der Waals surface area contributed by atoms with Crippen molar-refractivity contribution in [2.24, 2.45) is 0 Å². The lowest BCUT2D eigenvalue weighted by Gasteiger charge is -2.28. The summed E-state index contributed by atoms with van der Waals surface area (Å²) in [4.78, 5) is 23.4. The molecule has 1 aromatic carbocycles. The standard InChI is InChI=1S/C13H16ClFN2O3/c1-3-13(4-2,12(19)20)17-11(18)7-5-8(14)10(16)9(15)6-7/h5-6H,3-4,16H2,1-2H3,(H,17,18)(H,19,20). The Bertz CT molecular complexity index is 521. The Balaban J connectivity index is 3.10. The number of nitrogen functional groups attached to an aromatic ring is 1. The van der Waals surface area contributed by atoms with Gasteiger partial charge in [0.05, 0.1) is 10.7 Å². The quantitative estimate of drug-likeness (QED) is 0.728. The molecule has 0 aliphatic heterocycles. The highest BCUT2D eigenvalue weighted by molar-refractivity contribution is 6.33. The maximum Gasteiger partial charge on any atom is 0.329 e. The predicted octanol–water partition coefficient (Wildman–Crippen LogP) is 2.43. The normalized spacial score (nSPS) is 11.2. The average molecular weight is 303 g/mol. The molecule has 0 spiro atoms. The van der Waals surface area contributed by atoms with Crippen LogP contribution < -0.4 is 11.1 Å². The number of hydrogen-bond acceptors (Lipinski definition) is 3. The fraction of sp³-hybridized carbons (Fsp3) is 0.385. The molecule has 0 atom stereocenters. The third-order valence-corrected chi connectivity index (χ3v) is 3.62. The highest BCUT2D eigenvalue weighted by atomic mass is 35.5. The first-order valence-electron chi connectivity index (χ1n) is 6.07. The molecule has 110 valence electrons. The lowest BCUT2D eigenvalue weighted by molar-refractivity contribution is -0.144. The maximum atomic E-state index is 13.4. The number of hydrogen-bond donors (Lipinski definition) is 3. The molecule has 0 saturated carbocycles. The van der Waals surface area contributed by atoms with Gasteiger partial charge in [-0.2, -0.15) is 0 Å². The zero-order valence-corrected chi connectivity index (χ0v) is 11.9. The summed E-state index contributed by atoms with van der Waals surface area (Å²) in [6, 6.07) is 2.13. The minimum atomic E-state index is -1.39. The summed E-state index contributed by atoms with van der Waals surface area (Å²) in [5.41, 5.74) is 3.63. The van der Waals surface area contributed by atoms with E-state index < -0.39 is 23.2 Å². The number of carbonyl (C=O) groups is 2. The summed E-state index contributed by atoms with van der Waals surface area (Å²) >= 11 is 5.70. The molecule has 0 aliphatic carbocycles. The highest BCUT2D eigenvalue weighted by Crippen LogP contribution is 2.24. The van der Waals surface area contributed by atoms with Gasteiger partial charge in [0, 0.05) is 5.56 Å². The van der Waals surface area contributed by atoms with Gasteiger partial charge in [0.1, 0.15) is 11.4 Å². The lowest BCUT2D eigenvalue weighted by Crippen LogP contribution is -2.53. The molecule has 1 amide bonds. The number of carboxylic acid groups (broad SMARTS) is 1. The summed E-state index contributed by atoms with van der Waals surface area (Å²) in [7, 11) is 0. The fourth-order valence-electron chi connectivity index (χ4n) is 1.79. The van der Waals surface area contributed by atoms with Crippen molar-refractivity contribution >= 4 is 29.2 Å². The second kappa shape index (κ2) is 6.09. The van der Waals surface area contributed by atoms with Crippen molar-refractivity contribution in [1.82, 2.24) is 5.32 Å². The van der Waals surface area contributed by atoms with Crippen LogP contribution in [-0.4, -0.2) is 22.5 Å². The van der Waals surface area contributed by atoms with E-state index in [4.69, 9.17) is 17.3 Å². The van der Waals surface area contributed by atoms with Crippen LogP contribution in [0.1, 0.15) is 37.0 Å². The number of carboxylic acids is 1. The zero-order chi connectivity index (χ0) is 15.5. The molecule has 0 radical (unpaired) electrons. The summed E-state index contributed by atoms with van der Waals surface area (Å²) in [6.07, 6.45) is 0.408. The van der Waals surface area contributed by atoms with Crippen molar-refractivity contribution in [2.75, 3.05) is 5.73 Å². The zero-order valence-electron chi connectivity index (χ0n) is 11.2. The van der Waals surface area contributed by atoms with Crippen molar-refractivity contribution in [3.8, 4) is 0 Å². The van der Waals surface area contributed by atoms with E-state index in [0.29, 0.717) is 0 Å². The van der Waals surface area contributed by atoms with Gasteiger partial charge in [-0.1, -0.05) is 25.4 Å². The smallest absolute Gasteiger partial charge is 0.329 e. The topological polar surface area (TPSA) is 92.4 Å². The largest absolute Gasteiger partial charge is 0.480 e. The first-order chi connectivity index (χ1) is 9.27. The van der Waals surface area contributed by atoms with Crippen LogP contribution >= 0.6 is 11.6 Å². The number of halogens is 2. The van der Waals surface area contributed by atoms with E-state index in [-0.39, 0.29) is 29.1 Å². The van der Waals surface area contributed by atoms with E-state index in [2.05, 4.69) is 5.32 Å². The second-order valence-electron chi connectivity index (χ2n) is 4.40. The van der Waals surface area contributed by atoms with E-state index in [0.717, 1.165) is 6.07 Å². The lowest BCUT2D eigenvalue weighted by atomic mass is 9.92. The Labute approximate surface area is 120 Å². The number of aliphatic carboxylic acids is 1. The van der Waals surface area contributed by atoms with Gasteiger partial charge in [-0.25, -0.2) is 9.18 Å². The fourth-order valence-corrected chi connectivity index (χ4v) is 2.00. The summed E-state index contributed by atoms with van der Waals surface area (Å²) in [6.45, 7) is 3.29. The minimum absolute atomic E-state index is 0.0748. The second-order valence-corrected chi connectivity index (χ2v) is 4.81. The van der Waals surface area contributed by atoms with Gasteiger partial charge in [0.15, 0.2) is 0 Å². The molecule has 0 unspecified atom stereocenters. The van der Waals surface area contributed by atoms with Crippen LogP contribution in [0.2, 0.25) is 5.02 Å². The molecule has 1 aromatic rings. The molecule has 1 rings (SSSR count). The molecular weight excluding hydrogens is 287 g/mol. The Hall–Kier alpha value is -1.82. The molecule has 0 heterocycles. The summed E-state index contributed by atoms with van der Waals surface area (Å²) < 4.78 is 13.4. The van der Waals surface area contributed by atoms with Crippen molar-refractivity contribution < 1.29 is 19.1 Å². The molecule has 5 nitrogen and oxygen atoms in total. The molecule has 20 heavy (non-hydrogen) atoms. The van der Waals surface area contributed by atoms with Crippen LogP contribution in [0.4, 0.5) is 10.1 Å². The molecule has 0 bridgehead atoms. The first-order valence-corrected chi connectivity index (χ1v) is 6.45. The van der Waals surface area contributed by atoms with E-state index in [1.807, 2.05) is 0 Å². The van der Waals surface area contributed by atoms with E-state index in [9.17, 15) is 19.1 Å². The number of anilines is 1. The van der Waals surface area contributed by atoms with E-state index in [1.165, 1.54) is 6.07 Å². The van der Waals surface area contributed by atoms with Crippen LogP contribution in [0.5, 0.6) is 0 Å². The average Bonchev–Trinajstić information content (AvgIpc) is 2.41. The van der Waals surface area contributed by atoms with E-state index in [1.54, 1.807) is 13.8 Å². The Morgan fingerprint density at radius 3 is 2.35 bits per heavy atom. The molecule has 0 saturated heterocycles. The van der Waals surface area contributed by atoms with Gasteiger partial charge in [-0.15, -0.1) is 0 Å². The van der Waals surface area contributed by atoms with Crippen LogP contribution in [0.15, 0.2) is 12.1 Å². The van der Waals surface area contributed by atoms with Crippen molar-refractivity contribution in [3.05, 3.63) is 28.5 Å². The van der Waals surface area contributed by atoms with Crippen LogP contribution in [0.3, 0.4) is 0 Å². The number of carbonyl (C=O) groups excluding carboxylic acids is 1. The van der Waals surface area contributed by atoms with Crippen LogP contribution in [0.25, 0.3) is 0 Å². The van der Waals surface area contributed by atoms with Gasteiger partial charge in [-0.05, 0) is 25.0 Å². The molecule has 0 aromatic heterocycles. The highest BCUT2D eigenvalue weighted by Gasteiger charge is 2.36. The molecule has 0 aliphatic rings. The first kappa shape index (κ1) is 16.2. The predicted molar refractivity (Wildman–Crippen MR) is 74.2 cm³/mol. The molecule has 7 heteroatoms. The minimum Gasteiger partial charge on any atom is -0.480 e. The molecular formula is C13H16ClFN2O3. The van der Waals surface area contributed by atoms with Crippen molar-refractivity contribution in [2.45, 2.75) is 32.2 Å². The van der Waals surface area contributed by atoms with Gasteiger partial charge < -0.3 is 16.2 Å². The van der Waals surface area contributed by atoms with Crippen molar-refractivity contribution in [3.63, 3.8) is 0 Å². The molecule has 4 N–H and O–H groups in total. The Morgan fingerprint density at radius 1 is 1.40 bits per heavy atom. The summed E-state index contributed by atoms with van der Waals surface area (Å²) in [5.74, 6) is -2.67. The molecule has 0 fully saturated rings. The number of rotatable bonds is 5. The van der Waals surface area contributed by atoms with Gasteiger partial charge in [0.2, 0.25) is 0 Å².